The van der Waals surface area contributed by atoms with Gasteiger partial charge in [-0.2, -0.15) is 14.9 Å². The van der Waals surface area contributed by atoms with Gasteiger partial charge in [-0.25, -0.2) is 4.68 Å². The van der Waals surface area contributed by atoms with Gasteiger partial charge in [0.1, 0.15) is 17.0 Å². The molecule has 0 atom stereocenters. The predicted octanol–water partition coefficient (Wildman–Crippen LogP) is 3.20. The second kappa shape index (κ2) is 6.15. The molecular formula is C20H18N4O2. The summed E-state index contributed by atoms with van der Waals surface area (Å²) in [5.41, 5.74) is 3.56. The normalized spacial score (nSPS) is 11.0. The van der Waals surface area contributed by atoms with E-state index in [-0.39, 0.29) is 5.56 Å². The topological polar surface area (TPSA) is 61.9 Å². The molecule has 0 aliphatic carbocycles. The summed E-state index contributed by atoms with van der Waals surface area (Å²) >= 11 is 0. The van der Waals surface area contributed by atoms with Crippen molar-refractivity contribution in [2.45, 2.75) is 13.8 Å². The van der Waals surface area contributed by atoms with Crippen LogP contribution < -0.4 is 10.3 Å². The van der Waals surface area contributed by atoms with Crippen LogP contribution in [-0.2, 0) is 0 Å². The minimum Gasteiger partial charge on any atom is -0.494 e. The number of aromatic nitrogens is 4. The summed E-state index contributed by atoms with van der Waals surface area (Å²) in [4.78, 5) is 13.3. The molecule has 2 aromatic heterocycles. The highest BCUT2D eigenvalue weighted by atomic mass is 16.5. The lowest BCUT2D eigenvalue weighted by molar-refractivity contribution is 0.411. The average Bonchev–Trinajstić information content (AvgIpc) is 3.11. The maximum atomic E-state index is 13.3. The van der Waals surface area contributed by atoms with Crippen LogP contribution in [0.15, 0.2) is 59.5 Å². The molecule has 26 heavy (non-hydrogen) atoms. The molecule has 4 rings (SSSR count). The number of ether oxygens (including phenoxy) is 1. The zero-order valence-corrected chi connectivity index (χ0v) is 14.8. The number of hydrogen-bond donors (Lipinski definition) is 0. The van der Waals surface area contributed by atoms with E-state index in [0.717, 1.165) is 22.3 Å². The molecule has 4 aromatic rings. The van der Waals surface area contributed by atoms with Crippen molar-refractivity contribution in [3.63, 3.8) is 0 Å². The van der Waals surface area contributed by atoms with Gasteiger partial charge in [-0.05, 0) is 38.1 Å². The zero-order chi connectivity index (χ0) is 18.3. The van der Waals surface area contributed by atoms with Crippen LogP contribution in [-0.4, -0.2) is 26.7 Å². The third-order valence-corrected chi connectivity index (χ3v) is 4.40. The molecule has 0 amide bonds. The highest BCUT2D eigenvalue weighted by Gasteiger charge is 2.17. The first-order valence-corrected chi connectivity index (χ1v) is 8.28. The Bertz CT molecular complexity index is 1160. The van der Waals surface area contributed by atoms with Crippen molar-refractivity contribution >= 4 is 10.9 Å². The Kier molecular flexibility index (Phi) is 3.80. The largest absolute Gasteiger partial charge is 0.494 e. The number of methoxy groups -OCH3 is 1. The van der Waals surface area contributed by atoms with Gasteiger partial charge in [0.25, 0.3) is 5.56 Å². The van der Waals surface area contributed by atoms with Gasteiger partial charge in [0.15, 0.2) is 0 Å². The molecule has 6 nitrogen and oxygen atoms in total. The van der Waals surface area contributed by atoms with E-state index in [2.05, 4.69) is 10.2 Å². The van der Waals surface area contributed by atoms with E-state index in [0.29, 0.717) is 17.0 Å². The molecule has 0 radical (unpaired) electrons. The summed E-state index contributed by atoms with van der Waals surface area (Å²) in [6.07, 6.45) is 1.69. The fraction of sp³-hybridized carbons (Fsp3) is 0.150. The van der Waals surface area contributed by atoms with E-state index in [4.69, 9.17) is 4.74 Å². The van der Waals surface area contributed by atoms with Crippen LogP contribution in [0, 0.1) is 13.8 Å². The van der Waals surface area contributed by atoms with Gasteiger partial charge in [-0.1, -0.05) is 29.8 Å². The molecule has 6 heteroatoms. The fourth-order valence-corrected chi connectivity index (χ4v) is 3.02. The lowest BCUT2D eigenvalue weighted by atomic mass is 10.2. The molecule has 0 saturated carbocycles. The number of fused-ring (bicyclic) bond motifs is 1. The lowest BCUT2D eigenvalue weighted by Crippen LogP contribution is -2.24. The Balaban J connectivity index is 2.03. The molecule has 0 unspecified atom stereocenters. The van der Waals surface area contributed by atoms with Crippen LogP contribution >= 0.6 is 0 Å². The second-order valence-electron chi connectivity index (χ2n) is 6.13. The number of aryl methyl sites for hydroxylation is 2. The molecule has 0 N–H and O–H groups in total. The average molecular weight is 346 g/mol. The monoisotopic (exact) mass is 346 g/mol. The van der Waals surface area contributed by atoms with Crippen LogP contribution in [0.2, 0.25) is 0 Å². The summed E-state index contributed by atoms with van der Waals surface area (Å²) < 4.78 is 8.44. The van der Waals surface area contributed by atoms with Gasteiger partial charge in [-0.15, -0.1) is 0 Å². The van der Waals surface area contributed by atoms with Crippen molar-refractivity contribution < 1.29 is 4.74 Å². The molecular weight excluding hydrogens is 328 g/mol. The number of rotatable bonds is 3. The molecule has 0 aliphatic rings. The quantitative estimate of drug-likeness (QED) is 0.571. The summed E-state index contributed by atoms with van der Waals surface area (Å²) in [7, 11) is 1.58. The third kappa shape index (κ3) is 2.47. The maximum Gasteiger partial charge on any atom is 0.298 e. The van der Waals surface area contributed by atoms with Crippen molar-refractivity contribution in [3.05, 3.63) is 76.3 Å². The zero-order valence-electron chi connectivity index (χ0n) is 14.8. The summed E-state index contributed by atoms with van der Waals surface area (Å²) in [6.45, 7) is 3.89. The third-order valence-electron chi connectivity index (χ3n) is 4.40. The standard InChI is InChI=1S/C20H18N4O2/c1-13-8-10-15(11-9-13)23-19-16(12-21-23)14(2)22-24(20(19)25)17-6-4-5-7-18(17)26-3/h4-12H,1-3H3. The van der Waals surface area contributed by atoms with Crippen LogP contribution in [0.3, 0.4) is 0 Å². The van der Waals surface area contributed by atoms with Crippen molar-refractivity contribution in [2.24, 2.45) is 0 Å². The highest BCUT2D eigenvalue weighted by Crippen LogP contribution is 2.23. The summed E-state index contributed by atoms with van der Waals surface area (Å²) in [6, 6.07) is 15.2. The Labute approximate surface area is 150 Å². The molecule has 2 aromatic carbocycles. The van der Waals surface area contributed by atoms with E-state index in [1.54, 1.807) is 24.1 Å². The molecule has 0 fully saturated rings. The Hall–Kier alpha value is -3.41. The second-order valence-corrected chi connectivity index (χ2v) is 6.13. The Morgan fingerprint density at radius 2 is 1.69 bits per heavy atom. The molecule has 130 valence electrons. The van der Waals surface area contributed by atoms with Crippen LogP contribution in [0.4, 0.5) is 0 Å². The maximum absolute atomic E-state index is 13.3. The van der Waals surface area contributed by atoms with Gasteiger partial charge in [0, 0.05) is 5.39 Å². The molecule has 0 aliphatic heterocycles. The first-order chi connectivity index (χ1) is 12.6. The smallest absolute Gasteiger partial charge is 0.298 e. The van der Waals surface area contributed by atoms with E-state index in [1.807, 2.05) is 56.3 Å². The first kappa shape index (κ1) is 16.1. The van der Waals surface area contributed by atoms with Crippen molar-refractivity contribution in [1.82, 2.24) is 19.6 Å². The minimum atomic E-state index is -0.242. The van der Waals surface area contributed by atoms with Crippen molar-refractivity contribution in [2.75, 3.05) is 7.11 Å². The highest BCUT2D eigenvalue weighted by molar-refractivity contribution is 5.81. The van der Waals surface area contributed by atoms with Gasteiger partial charge < -0.3 is 4.74 Å². The number of para-hydroxylation sites is 2. The molecule has 0 spiro atoms. The van der Waals surface area contributed by atoms with Crippen molar-refractivity contribution in [3.8, 4) is 17.1 Å². The van der Waals surface area contributed by atoms with Gasteiger partial charge in [-0.3, -0.25) is 4.79 Å². The fourth-order valence-electron chi connectivity index (χ4n) is 3.02. The van der Waals surface area contributed by atoms with E-state index >= 15 is 0 Å². The number of nitrogens with zero attached hydrogens (tertiary/aromatic N) is 4. The van der Waals surface area contributed by atoms with E-state index in [9.17, 15) is 4.79 Å². The summed E-state index contributed by atoms with van der Waals surface area (Å²) in [5.74, 6) is 0.585. The lowest BCUT2D eigenvalue weighted by Gasteiger charge is -2.11. The first-order valence-electron chi connectivity index (χ1n) is 8.28. The van der Waals surface area contributed by atoms with E-state index in [1.165, 1.54) is 4.68 Å². The summed E-state index contributed by atoms with van der Waals surface area (Å²) in [5, 5.41) is 9.64. The molecule has 0 saturated heterocycles. The van der Waals surface area contributed by atoms with E-state index < -0.39 is 0 Å². The van der Waals surface area contributed by atoms with Gasteiger partial charge in [0.2, 0.25) is 0 Å². The van der Waals surface area contributed by atoms with Crippen LogP contribution in [0.25, 0.3) is 22.3 Å². The Morgan fingerprint density at radius 1 is 0.962 bits per heavy atom. The predicted molar refractivity (Wildman–Crippen MR) is 100 cm³/mol. The van der Waals surface area contributed by atoms with Crippen LogP contribution in [0.1, 0.15) is 11.3 Å². The van der Waals surface area contributed by atoms with Gasteiger partial charge in [0.05, 0.1) is 24.7 Å². The van der Waals surface area contributed by atoms with Crippen LogP contribution in [0.5, 0.6) is 5.75 Å². The minimum absolute atomic E-state index is 0.242. The SMILES string of the molecule is COc1ccccc1-n1nc(C)c2cnn(-c3ccc(C)cc3)c2c1=O. The molecule has 0 bridgehead atoms. The number of benzene rings is 2. The van der Waals surface area contributed by atoms with Crippen molar-refractivity contribution in [1.29, 1.82) is 0 Å². The number of hydrogen-bond acceptors (Lipinski definition) is 4. The van der Waals surface area contributed by atoms with Gasteiger partial charge >= 0.3 is 0 Å². The molecule has 2 heterocycles. The Morgan fingerprint density at radius 3 is 2.42 bits per heavy atom.